The van der Waals surface area contributed by atoms with E-state index < -0.39 is 0 Å². The summed E-state index contributed by atoms with van der Waals surface area (Å²) in [5, 5.41) is 2.81. The van der Waals surface area contributed by atoms with Gasteiger partial charge in [0.15, 0.2) is 5.13 Å². The number of hydrogen-bond donors (Lipinski definition) is 0. The van der Waals surface area contributed by atoms with Crippen LogP contribution in [0.5, 0.6) is 0 Å². The highest BCUT2D eigenvalue weighted by atomic mass is 32.1. The van der Waals surface area contributed by atoms with E-state index >= 15 is 0 Å². The zero-order valence-corrected chi connectivity index (χ0v) is 16.7. The number of carbonyl (C=O) groups is 1. The average Bonchev–Trinajstić information content (AvgIpc) is 3.21. The molecule has 0 radical (unpaired) electrons. The fourth-order valence-electron chi connectivity index (χ4n) is 2.65. The Morgan fingerprint density at radius 3 is 2.52 bits per heavy atom. The van der Waals surface area contributed by atoms with Crippen LogP contribution in [0.1, 0.15) is 16.0 Å². The fraction of sp³-hybridized carbons (Fsp3) is 0.368. The second-order valence-electron chi connectivity index (χ2n) is 6.48. The predicted molar refractivity (Wildman–Crippen MR) is 108 cm³/mol. The number of carbonyl (C=O) groups excluding carboxylic acids is 1. The van der Waals surface area contributed by atoms with Gasteiger partial charge in [-0.25, -0.2) is 4.98 Å². The lowest BCUT2D eigenvalue weighted by Crippen LogP contribution is -2.37. The summed E-state index contributed by atoms with van der Waals surface area (Å²) in [7, 11) is 4.04. The SMILES string of the molecule is Cc1ccc(C)c2sc(N(CCN(C)C)C(=O)Cc3cccs3)nc12. The number of hydrogen-bond acceptors (Lipinski definition) is 5. The van der Waals surface area contributed by atoms with Crippen LogP contribution in [0.4, 0.5) is 5.13 Å². The van der Waals surface area contributed by atoms with E-state index in [0.717, 1.165) is 27.6 Å². The Bertz CT molecular complexity index is 829. The van der Waals surface area contributed by atoms with Gasteiger partial charge in [-0.1, -0.05) is 29.5 Å². The molecule has 3 aromatic rings. The molecule has 2 heterocycles. The van der Waals surface area contributed by atoms with E-state index in [0.29, 0.717) is 13.0 Å². The van der Waals surface area contributed by atoms with Crippen molar-refractivity contribution in [3.8, 4) is 0 Å². The molecule has 0 atom stereocenters. The molecule has 0 aliphatic rings. The largest absolute Gasteiger partial charge is 0.308 e. The predicted octanol–water partition coefficient (Wildman–Crippen LogP) is 4.11. The van der Waals surface area contributed by atoms with Crippen LogP contribution in [-0.2, 0) is 11.2 Å². The minimum atomic E-state index is 0.110. The number of thiophene rings is 1. The zero-order valence-electron chi connectivity index (χ0n) is 15.1. The van der Waals surface area contributed by atoms with Crippen molar-refractivity contribution in [2.75, 3.05) is 32.1 Å². The Hall–Kier alpha value is -1.76. The molecule has 0 unspecified atom stereocenters. The Morgan fingerprint density at radius 1 is 1.12 bits per heavy atom. The topological polar surface area (TPSA) is 36.4 Å². The first-order valence-corrected chi connectivity index (χ1v) is 9.99. The van der Waals surface area contributed by atoms with Crippen molar-refractivity contribution in [3.63, 3.8) is 0 Å². The summed E-state index contributed by atoms with van der Waals surface area (Å²) < 4.78 is 1.17. The van der Waals surface area contributed by atoms with E-state index in [1.807, 2.05) is 36.5 Å². The van der Waals surface area contributed by atoms with Crippen LogP contribution in [0.15, 0.2) is 29.6 Å². The van der Waals surface area contributed by atoms with Crippen LogP contribution in [-0.4, -0.2) is 43.0 Å². The third-order valence-electron chi connectivity index (χ3n) is 4.14. The van der Waals surface area contributed by atoms with Gasteiger partial charge in [0, 0.05) is 18.0 Å². The molecule has 0 bridgehead atoms. The first-order valence-electron chi connectivity index (χ1n) is 8.30. The van der Waals surface area contributed by atoms with Crippen LogP contribution in [0.2, 0.25) is 0 Å². The molecule has 1 amide bonds. The van der Waals surface area contributed by atoms with Crippen molar-refractivity contribution >= 4 is 43.9 Å². The lowest BCUT2D eigenvalue weighted by molar-refractivity contribution is -0.118. The van der Waals surface area contributed by atoms with Crippen LogP contribution < -0.4 is 4.90 Å². The first kappa shape index (κ1) is 18.0. The van der Waals surface area contributed by atoms with Crippen LogP contribution in [0.3, 0.4) is 0 Å². The maximum atomic E-state index is 13.0. The lowest BCUT2D eigenvalue weighted by Gasteiger charge is -2.21. The number of fused-ring (bicyclic) bond motifs is 1. The number of amides is 1. The average molecular weight is 374 g/mol. The molecule has 132 valence electrons. The van der Waals surface area contributed by atoms with Gasteiger partial charge in [-0.3, -0.25) is 9.69 Å². The summed E-state index contributed by atoms with van der Waals surface area (Å²) in [4.78, 5) is 22.8. The zero-order chi connectivity index (χ0) is 18.0. The van der Waals surface area contributed by atoms with Crippen molar-refractivity contribution < 1.29 is 4.79 Å². The van der Waals surface area contributed by atoms with Gasteiger partial charge in [0.25, 0.3) is 0 Å². The number of aromatic nitrogens is 1. The second-order valence-corrected chi connectivity index (χ2v) is 8.49. The van der Waals surface area contributed by atoms with E-state index in [-0.39, 0.29) is 5.91 Å². The molecule has 0 saturated heterocycles. The summed E-state index contributed by atoms with van der Waals surface area (Å²) in [6, 6.07) is 8.22. The quantitative estimate of drug-likeness (QED) is 0.652. The molecule has 6 heteroatoms. The number of rotatable bonds is 6. The monoisotopic (exact) mass is 373 g/mol. The molecule has 25 heavy (non-hydrogen) atoms. The number of likely N-dealkylation sites (N-methyl/N-ethyl adjacent to an activating group) is 1. The highest BCUT2D eigenvalue weighted by Crippen LogP contribution is 2.33. The van der Waals surface area contributed by atoms with Crippen molar-refractivity contribution in [1.29, 1.82) is 0 Å². The number of nitrogens with zero attached hydrogens (tertiary/aromatic N) is 3. The minimum Gasteiger partial charge on any atom is -0.308 e. The van der Waals surface area contributed by atoms with Gasteiger partial charge >= 0.3 is 0 Å². The van der Waals surface area contributed by atoms with Crippen LogP contribution in [0.25, 0.3) is 10.2 Å². The van der Waals surface area contributed by atoms with Gasteiger partial charge in [-0.15, -0.1) is 11.3 Å². The molecule has 0 saturated carbocycles. The van der Waals surface area contributed by atoms with Crippen molar-refractivity contribution in [2.24, 2.45) is 0 Å². The van der Waals surface area contributed by atoms with E-state index in [4.69, 9.17) is 4.98 Å². The van der Waals surface area contributed by atoms with Crippen LogP contribution >= 0.6 is 22.7 Å². The second kappa shape index (κ2) is 7.64. The maximum absolute atomic E-state index is 13.0. The van der Waals surface area contributed by atoms with E-state index in [9.17, 15) is 4.79 Å². The third-order valence-corrected chi connectivity index (χ3v) is 6.23. The van der Waals surface area contributed by atoms with Gasteiger partial charge in [0.1, 0.15) is 0 Å². The molecule has 2 aromatic heterocycles. The molecule has 1 aromatic carbocycles. The van der Waals surface area contributed by atoms with Gasteiger partial charge in [-0.05, 0) is 50.5 Å². The van der Waals surface area contributed by atoms with Crippen LogP contribution in [0, 0.1) is 13.8 Å². The first-order chi connectivity index (χ1) is 12.0. The summed E-state index contributed by atoms with van der Waals surface area (Å²) >= 11 is 3.24. The highest BCUT2D eigenvalue weighted by molar-refractivity contribution is 7.22. The lowest BCUT2D eigenvalue weighted by atomic mass is 10.1. The molecular formula is C19H23N3OS2. The molecule has 0 spiro atoms. The smallest absolute Gasteiger partial charge is 0.234 e. The van der Waals surface area contributed by atoms with Gasteiger partial charge < -0.3 is 4.90 Å². The molecule has 4 nitrogen and oxygen atoms in total. The Balaban J connectivity index is 1.94. The number of aryl methyl sites for hydroxylation is 2. The molecular weight excluding hydrogens is 350 g/mol. The van der Waals surface area contributed by atoms with Crippen molar-refractivity contribution in [2.45, 2.75) is 20.3 Å². The number of benzene rings is 1. The van der Waals surface area contributed by atoms with Crippen molar-refractivity contribution in [3.05, 3.63) is 45.6 Å². The molecule has 0 N–H and O–H groups in total. The van der Waals surface area contributed by atoms with E-state index in [1.54, 1.807) is 22.7 Å². The normalized spacial score (nSPS) is 11.4. The number of thiazole rings is 1. The summed E-state index contributed by atoms with van der Waals surface area (Å²) in [6.07, 6.45) is 0.430. The third kappa shape index (κ3) is 4.08. The van der Waals surface area contributed by atoms with E-state index in [1.165, 1.54) is 10.3 Å². The summed E-state index contributed by atoms with van der Waals surface area (Å²) in [6.45, 7) is 5.63. The molecule has 0 aliphatic heterocycles. The van der Waals surface area contributed by atoms with Gasteiger partial charge in [0.2, 0.25) is 5.91 Å². The maximum Gasteiger partial charge on any atom is 0.234 e. The Kier molecular flexibility index (Phi) is 5.51. The number of anilines is 1. The van der Waals surface area contributed by atoms with Gasteiger partial charge in [0.05, 0.1) is 16.6 Å². The standard InChI is InChI=1S/C19H23N3OS2/c1-13-7-8-14(2)18-17(13)20-19(25-18)22(10-9-21(3)4)16(23)12-15-6-5-11-24-15/h5-8,11H,9-10,12H2,1-4H3. The van der Waals surface area contributed by atoms with Crippen molar-refractivity contribution in [1.82, 2.24) is 9.88 Å². The van der Waals surface area contributed by atoms with Gasteiger partial charge in [-0.2, -0.15) is 0 Å². The summed E-state index contributed by atoms with van der Waals surface area (Å²) in [5.41, 5.74) is 3.38. The highest BCUT2D eigenvalue weighted by Gasteiger charge is 2.21. The Labute approximate surface area is 156 Å². The molecule has 0 fully saturated rings. The molecule has 3 rings (SSSR count). The molecule has 0 aliphatic carbocycles. The Morgan fingerprint density at radius 2 is 1.88 bits per heavy atom. The van der Waals surface area contributed by atoms with E-state index in [2.05, 4.69) is 30.9 Å². The fourth-order valence-corrected chi connectivity index (χ4v) is 4.50. The summed E-state index contributed by atoms with van der Waals surface area (Å²) in [5.74, 6) is 0.110. The minimum absolute atomic E-state index is 0.110.